The van der Waals surface area contributed by atoms with Gasteiger partial charge in [-0.25, -0.2) is 9.97 Å². The topological polar surface area (TPSA) is 37.8 Å². The maximum atomic E-state index is 6.13. The summed E-state index contributed by atoms with van der Waals surface area (Å²) in [6, 6.07) is 18.8. The van der Waals surface area contributed by atoms with Crippen LogP contribution in [0.15, 0.2) is 60.7 Å². The first-order valence-electron chi connectivity index (χ1n) is 6.34. The van der Waals surface area contributed by atoms with E-state index in [2.05, 4.69) is 15.3 Å². The van der Waals surface area contributed by atoms with E-state index in [1.807, 2.05) is 54.6 Å². The van der Waals surface area contributed by atoms with Gasteiger partial charge in [-0.2, -0.15) is 0 Å². The van der Waals surface area contributed by atoms with Gasteiger partial charge in [0.1, 0.15) is 11.0 Å². The van der Waals surface area contributed by atoms with Gasteiger partial charge in [-0.05, 0) is 12.1 Å². The van der Waals surface area contributed by atoms with Crippen LogP contribution in [0, 0.1) is 0 Å². The van der Waals surface area contributed by atoms with Gasteiger partial charge >= 0.3 is 0 Å². The summed E-state index contributed by atoms with van der Waals surface area (Å²) in [6.07, 6.45) is 0. The molecule has 1 N–H and O–H groups in total. The minimum Gasteiger partial charge on any atom is -0.339 e. The van der Waals surface area contributed by atoms with E-state index in [-0.39, 0.29) is 0 Å². The van der Waals surface area contributed by atoms with E-state index in [1.54, 1.807) is 6.07 Å². The Kier molecular flexibility index (Phi) is 4.04. The Morgan fingerprint density at radius 1 is 0.810 bits per heavy atom. The number of nitrogens with one attached hydrogen (secondary N) is 1. The number of nitrogens with zero attached hydrogens (tertiary/aromatic N) is 2. The molecule has 5 heteroatoms. The summed E-state index contributed by atoms with van der Waals surface area (Å²) < 4.78 is 0. The summed E-state index contributed by atoms with van der Waals surface area (Å²) in [5, 5.41) is 4.15. The summed E-state index contributed by atoms with van der Waals surface area (Å²) in [5.74, 6) is 1.17. The standard InChI is InChI=1S/C16H11Cl2N3/c17-12-8-4-5-9-13(12)19-15-10-14(18)20-16(21-15)11-6-2-1-3-7-11/h1-10H,(H,19,20,21). The van der Waals surface area contributed by atoms with Gasteiger partial charge in [-0.1, -0.05) is 65.7 Å². The highest BCUT2D eigenvalue weighted by molar-refractivity contribution is 6.33. The lowest BCUT2D eigenvalue weighted by Gasteiger charge is -2.09. The van der Waals surface area contributed by atoms with Crippen LogP contribution >= 0.6 is 23.2 Å². The van der Waals surface area contributed by atoms with E-state index < -0.39 is 0 Å². The zero-order valence-electron chi connectivity index (χ0n) is 10.9. The van der Waals surface area contributed by atoms with Gasteiger partial charge in [0.2, 0.25) is 0 Å². The molecular weight excluding hydrogens is 305 g/mol. The predicted octanol–water partition coefficient (Wildman–Crippen LogP) is 5.19. The fourth-order valence-electron chi connectivity index (χ4n) is 1.90. The summed E-state index contributed by atoms with van der Waals surface area (Å²) in [4.78, 5) is 8.72. The van der Waals surface area contributed by atoms with E-state index in [0.717, 1.165) is 11.3 Å². The molecule has 0 amide bonds. The summed E-state index contributed by atoms with van der Waals surface area (Å²) >= 11 is 12.2. The van der Waals surface area contributed by atoms with Crippen molar-refractivity contribution in [2.75, 3.05) is 5.32 Å². The molecule has 1 heterocycles. The Bertz CT molecular complexity index is 760. The van der Waals surface area contributed by atoms with Crippen LogP contribution in [0.2, 0.25) is 10.2 Å². The molecule has 0 aliphatic rings. The molecule has 0 saturated heterocycles. The van der Waals surface area contributed by atoms with E-state index in [0.29, 0.717) is 21.8 Å². The predicted molar refractivity (Wildman–Crippen MR) is 87.2 cm³/mol. The quantitative estimate of drug-likeness (QED) is 0.675. The Morgan fingerprint density at radius 3 is 2.29 bits per heavy atom. The first kappa shape index (κ1) is 13.9. The maximum absolute atomic E-state index is 6.13. The van der Waals surface area contributed by atoms with Crippen LogP contribution in [0.25, 0.3) is 11.4 Å². The Hall–Kier alpha value is -2.10. The molecule has 0 saturated carbocycles. The van der Waals surface area contributed by atoms with Crippen molar-refractivity contribution in [2.45, 2.75) is 0 Å². The Morgan fingerprint density at radius 2 is 1.52 bits per heavy atom. The molecular formula is C16H11Cl2N3. The van der Waals surface area contributed by atoms with Crippen molar-refractivity contribution in [2.24, 2.45) is 0 Å². The van der Waals surface area contributed by atoms with Crippen molar-refractivity contribution in [3.63, 3.8) is 0 Å². The zero-order chi connectivity index (χ0) is 14.7. The largest absolute Gasteiger partial charge is 0.339 e. The Balaban J connectivity index is 1.97. The first-order valence-corrected chi connectivity index (χ1v) is 7.09. The molecule has 2 aromatic carbocycles. The van der Waals surface area contributed by atoms with E-state index >= 15 is 0 Å². The van der Waals surface area contributed by atoms with Crippen LogP contribution < -0.4 is 5.32 Å². The average Bonchev–Trinajstić information content (AvgIpc) is 2.50. The van der Waals surface area contributed by atoms with Gasteiger partial charge < -0.3 is 5.32 Å². The van der Waals surface area contributed by atoms with Gasteiger partial charge in [0.15, 0.2) is 5.82 Å². The van der Waals surface area contributed by atoms with Crippen LogP contribution in [-0.2, 0) is 0 Å². The van der Waals surface area contributed by atoms with Crippen LogP contribution in [0.5, 0.6) is 0 Å². The molecule has 0 fully saturated rings. The molecule has 104 valence electrons. The highest BCUT2D eigenvalue weighted by Crippen LogP contribution is 2.26. The van der Waals surface area contributed by atoms with Crippen molar-refractivity contribution >= 4 is 34.7 Å². The van der Waals surface area contributed by atoms with Crippen molar-refractivity contribution in [3.05, 3.63) is 70.8 Å². The van der Waals surface area contributed by atoms with Crippen LogP contribution in [0.3, 0.4) is 0 Å². The van der Waals surface area contributed by atoms with Gasteiger partial charge in [0.05, 0.1) is 10.7 Å². The number of rotatable bonds is 3. The van der Waals surface area contributed by atoms with Gasteiger partial charge in [0.25, 0.3) is 0 Å². The first-order chi connectivity index (χ1) is 10.2. The normalized spacial score (nSPS) is 10.4. The average molecular weight is 316 g/mol. The third-order valence-corrected chi connectivity index (χ3v) is 3.39. The molecule has 1 aromatic heterocycles. The molecule has 3 aromatic rings. The minimum atomic E-state index is 0.374. The van der Waals surface area contributed by atoms with E-state index in [4.69, 9.17) is 23.2 Å². The monoisotopic (exact) mass is 315 g/mol. The van der Waals surface area contributed by atoms with Crippen LogP contribution in [0.4, 0.5) is 11.5 Å². The lowest BCUT2D eigenvalue weighted by atomic mass is 10.2. The third kappa shape index (κ3) is 3.32. The molecule has 21 heavy (non-hydrogen) atoms. The minimum absolute atomic E-state index is 0.374. The summed E-state index contributed by atoms with van der Waals surface area (Å²) in [6.45, 7) is 0. The smallest absolute Gasteiger partial charge is 0.163 e. The molecule has 0 aliphatic heterocycles. The number of anilines is 2. The second-order valence-corrected chi connectivity index (χ2v) is 5.16. The Labute approximate surface area is 132 Å². The van der Waals surface area contributed by atoms with Crippen LogP contribution in [0.1, 0.15) is 0 Å². The summed E-state index contributed by atoms with van der Waals surface area (Å²) in [7, 11) is 0. The number of halogens is 2. The SMILES string of the molecule is Clc1cc(Nc2ccccc2Cl)nc(-c2ccccc2)n1. The highest BCUT2D eigenvalue weighted by Gasteiger charge is 2.07. The highest BCUT2D eigenvalue weighted by atomic mass is 35.5. The van der Waals surface area contributed by atoms with Crippen molar-refractivity contribution in [1.29, 1.82) is 0 Å². The number of aromatic nitrogens is 2. The zero-order valence-corrected chi connectivity index (χ0v) is 12.4. The molecule has 0 spiro atoms. The lowest BCUT2D eigenvalue weighted by molar-refractivity contribution is 1.17. The van der Waals surface area contributed by atoms with Crippen molar-refractivity contribution < 1.29 is 0 Å². The molecule has 3 nitrogen and oxygen atoms in total. The molecule has 3 rings (SSSR count). The number of para-hydroxylation sites is 1. The fourth-order valence-corrected chi connectivity index (χ4v) is 2.26. The second kappa shape index (κ2) is 6.12. The molecule has 0 atom stereocenters. The third-order valence-electron chi connectivity index (χ3n) is 2.86. The van der Waals surface area contributed by atoms with Crippen molar-refractivity contribution in [3.8, 4) is 11.4 Å². The van der Waals surface area contributed by atoms with Gasteiger partial charge in [-0.3, -0.25) is 0 Å². The van der Waals surface area contributed by atoms with Gasteiger partial charge in [-0.15, -0.1) is 0 Å². The summed E-state index contributed by atoms with van der Waals surface area (Å²) in [5.41, 5.74) is 1.68. The fraction of sp³-hybridized carbons (Fsp3) is 0. The van der Waals surface area contributed by atoms with Crippen molar-refractivity contribution in [1.82, 2.24) is 9.97 Å². The lowest BCUT2D eigenvalue weighted by Crippen LogP contribution is -1.98. The molecule has 0 radical (unpaired) electrons. The van der Waals surface area contributed by atoms with E-state index in [1.165, 1.54) is 0 Å². The molecule has 0 unspecified atom stereocenters. The van der Waals surface area contributed by atoms with Crippen LogP contribution in [-0.4, -0.2) is 9.97 Å². The maximum Gasteiger partial charge on any atom is 0.163 e. The second-order valence-electron chi connectivity index (χ2n) is 4.37. The number of hydrogen-bond donors (Lipinski definition) is 1. The molecule has 0 aliphatic carbocycles. The van der Waals surface area contributed by atoms with E-state index in [9.17, 15) is 0 Å². The van der Waals surface area contributed by atoms with Gasteiger partial charge in [0, 0.05) is 11.6 Å². The molecule has 0 bridgehead atoms. The number of hydrogen-bond acceptors (Lipinski definition) is 3. The number of benzene rings is 2.